The van der Waals surface area contributed by atoms with E-state index in [0.29, 0.717) is 35.0 Å². The highest BCUT2D eigenvalue weighted by Gasteiger charge is 2.62. The molecule has 2 aliphatic rings. The van der Waals surface area contributed by atoms with Crippen LogP contribution in [0.25, 0.3) is 10.9 Å². The van der Waals surface area contributed by atoms with E-state index in [2.05, 4.69) is 20.3 Å². The molecule has 3 aromatic rings. The van der Waals surface area contributed by atoms with Crippen LogP contribution in [0.2, 0.25) is 5.02 Å². The topological polar surface area (TPSA) is 87.2 Å². The first kappa shape index (κ1) is 21.0. The molecular weight excluding hydrogens is 454 g/mol. The van der Waals surface area contributed by atoms with Gasteiger partial charge in [0, 0.05) is 22.0 Å². The molecule has 2 aromatic carbocycles. The highest BCUT2D eigenvalue weighted by molar-refractivity contribution is 6.31. The molecule has 1 amide bonds. The van der Waals surface area contributed by atoms with Gasteiger partial charge in [-0.15, -0.1) is 13.2 Å². The molecule has 1 aromatic heterocycles. The third-order valence-electron chi connectivity index (χ3n) is 6.22. The van der Waals surface area contributed by atoms with Gasteiger partial charge in [-0.05, 0) is 60.6 Å². The molecule has 11 heteroatoms. The normalized spacial score (nSPS) is 26.8. The Morgan fingerprint density at radius 1 is 1.25 bits per heavy atom. The Labute approximate surface area is 183 Å². The summed E-state index contributed by atoms with van der Waals surface area (Å²) in [6.07, 6.45) is -2.68. The third-order valence-corrected chi connectivity index (χ3v) is 6.44. The van der Waals surface area contributed by atoms with Crippen LogP contribution in [-0.4, -0.2) is 33.6 Å². The third kappa shape index (κ3) is 3.67. The molecule has 1 heterocycles. The monoisotopic (exact) mass is 469 g/mol. The number of hydrogen-bond acceptors (Lipinski definition) is 4. The number of H-pyrrole nitrogens is 1. The molecule has 6 nitrogen and oxygen atoms in total. The largest absolute Gasteiger partial charge is 0.573 e. The molecule has 32 heavy (non-hydrogen) atoms. The van der Waals surface area contributed by atoms with Gasteiger partial charge < -0.3 is 15.2 Å². The zero-order chi connectivity index (χ0) is 22.8. The number of nitrogens with zero attached hydrogens (tertiary/aromatic N) is 1. The van der Waals surface area contributed by atoms with Gasteiger partial charge in [-0.3, -0.25) is 9.89 Å². The minimum absolute atomic E-state index is 0.00349. The van der Waals surface area contributed by atoms with E-state index >= 15 is 0 Å². The van der Waals surface area contributed by atoms with Crippen molar-refractivity contribution in [1.29, 1.82) is 0 Å². The smallest absolute Gasteiger partial charge is 0.403 e. The van der Waals surface area contributed by atoms with Crippen LogP contribution in [0.4, 0.5) is 17.6 Å². The molecule has 0 saturated heterocycles. The van der Waals surface area contributed by atoms with Gasteiger partial charge in [0.25, 0.3) is 5.91 Å². The fraction of sp³-hybridized carbons (Fsp3) is 0.333. The molecule has 5 rings (SSSR count). The number of hydrogen-bond donors (Lipinski definition) is 3. The minimum Gasteiger partial charge on any atom is -0.403 e. The van der Waals surface area contributed by atoms with E-state index in [1.165, 1.54) is 0 Å². The maximum absolute atomic E-state index is 13.6. The number of alkyl halides is 3. The van der Waals surface area contributed by atoms with Crippen LogP contribution in [-0.2, 0) is 5.60 Å². The van der Waals surface area contributed by atoms with Crippen molar-refractivity contribution in [2.45, 2.75) is 30.8 Å². The quantitative estimate of drug-likeness (QED) is 0.498. The summed E-state index contributed by atoms with van der Waals surface area (Å²) in [7, 11) is 0. The minimum atomic E-state index is -5.07. The molecule has 0 radical (unpaired) electrons. The number of aliphatic hydroxyl groups is 1. The number of halogens is 5. The van der Waals surface area contributed by atoms with Crippen molar-refractivity contribution in [1.82, 2.24) is 15.5 Å². The maximum atomic E-state index is 13.6. The average Bonchev–Trinajstić information content (AvgIpc) is 3.07. The van der Waals surface area contributed by atoms with Crippen LogP contribution in [0.1, 0.15) is 28.8 Å². The van der Waals surface area contributed by atoms with Crippen LogP contribution in [0.5, 0.6) is 5.75 Å². The Morgan fingerprint density at radius 2 is 1.97 bits per heavy atom. The van der Waals surface area contributed by atoms with Gasteiger partial charge in [0.2, 0.25) is 0 Å². The summed E-state index contributed by atoms with van der Waals surface area (Å²) < 4.78 is 54.5. The predicted molar refractivity (Wildman–Crippen MR) is 106 cm³/mol. The standard InChI is InChI=1S/C21H16ClF4N3O3/c22-10-4-14(13-8-27-29-16(13)5-10)20(31)6-11-12(7-20)18(11)28-19(30)9-1-2-15(23)17(3-9)32-21(24,25)26/h1-5,8,11-12,18,31H,6-7H2,(H,27,29)(H,28,30)/t11-,12+,18+,20-. The molecule has 2 saturated carbocycles. The molecule has 0 aliphatic heterocycles. The molecule has 4 atom stereocenters. The van der Waals surface area contributed by atoms with E-state index in [0.717, 1.165) is 17.5 Å². The first-order chi connectivity index (χ1) is 15.0. The zero-order valence-corrected chi connectivity index (χ0v) is 17.0. The van der Waals surface area contributed by atoms with Crippen molar-refractivity contribution in [2.75, 3.05) is 0 Å². The number of rotatable bonds is 4. The van der Waals surface area contributed by atoms with Crippen LogP contribution >= 0.6 is 11.6 Å². The number of aromatic amines is 1. The lowest BCUT2D eigenvalue weighted by Gasteiger charge is -2.27. The number of benzene rings is 2. The van der Waals surface area contributed by atoms with Gasteiger partial charge >= 0.3 is 6.36 Å². The Kier molecular flexibility index (Phi) is 4.65. The first-order valence-corrected chi connectivity index (χ1v) is 10.1. The highest BCUT2D eigenvalue weighted by Crippen LogP contribution is 2.60. The molecule has 0 spiro atoms. The maximum Gasteiger partial charge on any atom is 0.573 e. The van der Waals surface area contributed by atoms with E-state index < -0.39 is 29.4 Å². The summed E-state index contributed by atoms with van der Waals surface area (Å²) in [5.41, 5.74) is 0.0894. The number of aromatic nitrogens is 2. The number of fused-ring (bicyclic) bond motifs is 2. The number of carbonyl (C=O) groups is 1. The lowest BCUT2D eigenvalue weighted by molar-refractivity contribution is -0.275. The molecule has 168 valence electrons. The van der Waals surface area contributed by atoms with Crippen molar-refractivity contribution in [3.8, 4) is 5.75 Å². The Balaban J connectivity index is 1.28. The van der Waals surface area contributed by atoms with Crippen molar-refractivity contribution in [3.63, 3.8) is 0 Å². The van der Waals surface area contributed by atoms with Crippen LogP contribution in [0, 0.1) is 17.7 Å². The predicted octanol–water partition coefficient (Wildman–Crippen LogP) is 4.28. The second kappa shape index (κ2) is 7.08. The molecule has 3 N–H and O–H groups in total. The summed E-state index contributed by atoms with van der Waals surface area (Å²) in [4.78, 5) is 12.5. The second-order valence-electron chi connectivity index (χ2n) is 8.24. The number of ether oxygens (including phenoxy) is 1. The number of carbonyl (C=O) groups excluding carboxylic acids is 1. The lowest BCUT2D eigenvalue weighted by atomic mass is 9.86. The Morgan fingerprint density at radius 3 is 2.66 bits per heavy atom. The first-order valence-electron chi connectivity index (χ1n) is 9.76. The SMILES string of the molecule is O=C(N[C@H]1[C@@H]2C[C@](O)(c3cc(Cl)cc4[nH]ncc34)C[C@@H]21)c1ccc(F)c(OC(F)(F)F)c1. The lowest BCUT2D eigenvalue weighted by Crippen LogP contribution is -2.33. The zero-order valence-electron chi connectivity index (χ0n) is 16.2. The van der Waals surface area contributed by atoms with Gasteiger partial charge in [-0.2, -0.15) is 5.10 Å². The van der Waals surface area contributed by atoms with E-state index in [-0.39, 0.29) is 23.4 Å². The van der Waals surface area contributed by atoms with Gasteiger partial charge in [0.1, 0.15) is 0 Å². The van der Waals surface area contributed by atoms with E-state index in [4.69, 9.17) is 11.6 Å². The summed E-state index contributed by atoms with van der Waals surface area (Å²) in [6.45, 7) is 0. The average molecular weight is 470 g/mol. The van der Waals surface area contributed by atoms with Gasteiger partial charge in [-0.1, -0.05) is 11.6 Å². The van der Waals surface area contributed by atoms with Crippen molar-refractivity contribution < 1.29 is 32.2 Å². The van der Waals surface area contributed by atoms with Crippen molar-refractivity contribution >= 4 is 28.4 Å². The molecule has 0 bridgehead atoms. The second-order valence-corrected chi connectivity index (χ2v) is 8.68. The van der Waals surface area contributed by atoms with Crippen LogP contribution in [0.3, 0.4) is 0 Å². The van der Waals surface area contributed by atoms with E-state index in [9.17, 15) is 27.5 Å². The summed E-state index contributed by atoms with van der Waals surface area (Å²) in [5.74, 6) is -2.94. The van der Waals surface area contributed by atoms with Crippen LogP contribution < -0.4 is 10.1 Å². The fourth-order valence-electron chi connectivity index (χ4n) is 4.78. The molecule has 2 fully saturated rings. The highest BCUT2D eigenvalue weighted by atomic mass is 35.5. The molecule has 2 aliphatic carbocycles. The van der Waals surface area contributed by atoms with E-state index in [1.54, 1.807) is 18.3 Å². The summed E-state index contributed by atoms with van der Waals surface area (Å²) in [5, 5.41) is 22.1. The van der Waals surface area contributed by atoms with Gasteiger partial charge in [-0.25, -0.2) is 4.39 Å². The number of nitrogens with one attached hydrogen (secondary N) is 2. The van der Waals surface area contributed by atoms with Crippen molar-refractivity contribution in [2.24, 2.45) is 11.8 Å². The van der Waals surface area contributed by atoms with E-state index in [1.807, 2.05) is 0 Å². The van der Waals surface area contributed by atoms with Gasteiger partial charge in [0.15, 0.2) is 11.6 Å². The Bertz CT molecular complexity index is 1220. The molecule has 0 unspecified atom stereocenters. The van der Waals surface area contributed by atoms with Gasteiger partial charge in [0.05, 0.1) is 17.3 Å². The van der Waals surface area contributed by atoms with Crippen molar-refractivity contribution in [3.05, 3.63) is 58.5 Å². The fourth-order valence-corrected chi connectivity index (χ4v) is 5.00. The number of amides is 1. The summed E-state index contributed by atoms with van der Waals surface area (Å²) >= 11 is 6.17. The van der Waals surface area contributed by atoms with Crippen LogP contribution in [0.15, 0.2) is 36.5 Å². The Hall–Kier alpha value is -2.85. The molecular formula is C21H16ClF4N3O3. The summed E-state index contributed by atoms with van der Waals surface area (Å²) in [6, 6.07) is 5.74.